The van der Waals surface area contributed by atoms with Crippen LogP contribution in [-0.2, 0) is 0 Å². The highest BCUT2D eigenvalue weighted by atomic mass is 16.5. The van der Waals surface area contributed by atoms with Crippen molar-refractivity contribution in [2.75, 3.05) is 19.1 Å². The summed E-state index contributed by atoms with van der Waals surface area (Å²) < 4.78 is 13.3. The molecule has 1 aromatic heterocycles. The summed E-state index contributed by atoms with van der Waals surface area (Å²) in [7, 11) is 3.38. The minimum absolute atomic E-state index is 0.0406. The molecule has 0 saturated carbocycles. The lowest BCUT2D eigenvalue weighted by Gasteiger charge is -2.39. The maximum absolute atomic E-state index is 11.9. The van der Waals surface area contributed by atoms with Crippen molar-refractivity contribution in [1.82, 2.24) is 4.57 Å². The lowest BCUT2D eigenvalue weighted by molar-refractivity contribution is 0.0696. The third-order valence-corrected chi connectivity index (χ3v) is 13.7. The van der Waals surface area contributed by atoms with Crippen LogP contribution in [0.2, 0.25) is 0 Å². The fourth-order valence-corrected chi connectivity index (χ4v) is 10.2. The summed E-state index contributed by atoms with van der Waals surface area (Å²) >= 11 is 0. The minimum Gasteiger partial charge on any atom is -0.497 e. The number of ether oxygens (including phenoxy) is 2. The molecule has 2 unspecified atom stereocenters. The number of aromatic carboxylic acids is 1. The van der Waals surface area contributed by atoms with Crippen LogP contribution in [0, 0.1) is 0 Å². The molecular formula is C64H50N2O4. The van der Waals surface area contributed by atoms with Gasteiger partial charge in [-0.1, -0.05) is 134 Å². The number of carboxylic acids is 1. The van der Waals surface area contributed by atoms with Crippen LogP contribution in [0.25, 0.3) is 75.1 Å². The third kappa shape index (κ3) is 8.30. The van der Waals surface area contributed by atoms with Crippen molar-refractivity contribution in [2.45, 2.75) is 18.4 Å². The lowest BCUT2D eigenvalue weighted by Crippen LogP contribution is -2.41. The van der Waals surface area contributed by atoms with Gasteiger partial charge in [-0.2, -0.15) is 0 Å². The molecule has 0 radical (unpaired) electrons. The lowest BCUT2D eigenvalue weighted by atomic mass is 9.80. The van der Waals surface area contributed by atoms with Crippen LogP contribution >= 0.6 is 0 Å². The number of benzene rings is 8. The van der Waals surface area contributed by atoms with Gasteiger partial charge in [0.05, 0.1) is 36.4 Å². The Balaban J connectivity index is 0.878. The molecule has 70 heavy (non-hydrogen) atoms. The summed E-state index contributed by atoms with van der Waals surface area (Å²) in [6, 6.07) is 61.1. The van der Waals surface area contributed by atoms with E-state index >= 15 is 0 Å². The minimum atomic E-state index is -0.914. The molecule has 1 aliphatic heterocycles. The van der Waals surface area contributed by atoms with E-state index in [-0.39, 0.29) is 11.5 Å². The number of hydrogen-bond donors (Lipinski definition) is 1. The van der Waals surface area contributed by atoms with Crippen LogP contribution < -0.4 is 14.4 Å². The normalized spacial score (nSPS) is 16.2. The van der Waals surface area contributed by atoms with Gasteiger partial charge in [0.25, 0.3) is 0 Å². The Kier molecular flexibility index (Phi) is 11.4. The second-order valence-electron chi connectivity index (χ2n) is 18.1. The van der Waals surface area contributed by atoms with Gasteiger partial charge < -0.3 is 24.0 Å². The van der Waals surface area contributed by atoms with Crippen LogP contribution in [0.1, 0.15) is 62.1 Å². The first-order valence-electron chi connectivity index (χ1n) is 23.5. The summed E-state index contributed by atoms with van der Waals surface area (Å²) in [5, 5.41) is 12.2. The van der Waals surface area contributed by atoms with Gasteiger partial charge in [-0.15, -0.1) is 0 Å². The van der Waals surface area contributed by atoms with E-state index in [1.165, 1.54) is 10.8 Å². The van der Waals surface area contributed by atoms with E-state index in [2.05, 4.69) is 198 Å². The summed E-state index contributed by atoms with van der Waals surface area (Å²) in [4.78, 5) is 14.3. The van der Waals surface area contributed by atoms with Crippen LogP contribution in [0.15, 0.2) is 200 Å². The first-order valence-corrected chi connectivity index (χ1v) is 23.5. The van der Waals surface area contributed by atoms with E-state index < -0.39 is 5.97 Å². The molecule has 2 heterocycles. The van der Waals surface area contributed by atoms with E-state index in [1.807, 2.05) is 48.5 Å². The second-order valence-corrected chi connectivity index (χ2v) is 18.1. The highest BCUT2D eigenvalue weighted by Crippen LogP contribution is 2.54. The first-order chi connectivity index (χ1) is 34.2. The van der Waals surface area contributed by atoms with Crippen molar-refractivity contribution in [3.63, 3.8) is 0 Å². The number of carboxylic acid groups (broad SMARTS) is 1. The van der Waals surface area contributed by atoms with Gasteiger partial charge in [-0.25, -0.2) is 4.79 Å². The van der Waals surface area contributed by atoms with Gasteiger partial charge in [-0.05, 0) is 160 Å². The first kappa shape index (κ1) is 43.7. The van der Waals surface area contributed by atoms with Gasteiger partial charge in [-0.3, -0.25) is 0 Å². The number of hydrogen-bond acceptors (Lipinski definition) is 4. The Hall–Kier alpha value is -8.87. The molecule has 0 fully saturated rings. The zero-order chi connectivity index (χ0) is 47.8. The summed E-state index contributed by atoms with van der Waals surface area (Å²) in [6.45, 7) is 2.22. The molecule has 9 aromatic rings. The van der Waals surface area contributed by atoms with E-state index in [0.29, 0.717) is 5.56 Å². The molecule has 1 N–H and O–H groups in total. The van der Waals surface area contributed by atoms with E-state index in [0.717, 1.165) is 89.7 Å². The number of nitrogens with zero attached hydrogens (tertiary/aromatic N) is 2. The average Bonchev–Trinajstić information content (AvgIpc) is 3.87. The standard InChI is InChI=1S/C64H50N2O4/c1-64-35-7-6-15-59(64)58-42-51(63(67)68)28-34-62(58)66(64)53-31-26-50(27-32-53)49-24-29-52(30-25-49)65-60-16-5-4-14-56(60)57-41-45(23-33-61(57)65)19-22-48-37-46(20-17-43-10-8-12-54(39-43)69-2)36-47(38-48)21-18-44-11-9-13-55(40-44)70-3/h4-42,59H,1-3H3,(H,67,68)/b20-17+,21-18+,22-19+. The van der Waals surface area contributed by atoms with Gasteiger partial charge in [0.1, 0.15) is 11.5 Å². The number of para-hydroxylation sites is 1. The van der Waals surface area contributed by atoms with E-state index in [1.54, 1.807) is 20.3 Å². The van der Waals surface area contributed by atoms with Crippen LogP contribution in [-0.4, -0.2) is 35.4 Å². The fourth-order valence-electron chi connectivity index (χ4n) is 10.2. The van der Waals surface area contributed by atoms with Crippen molar-refractivity contribution < 1.29 is 19.4 Å². The van der Waals surface area contributed by atoms with Gasteiger partial charge in [0, 0.05) is 33.8 Å². The monoisotopic (exact) mass is 910 g/mol. The summed E-state index contributed by atoms with van der Waals surface area (Å²) in [6.07, 6.45) is 21.5. The molecule has 2 atom stereocenters. The number of anilines is 2. The molecule has 0 amide bonds. The molecule has 0 bridgehead atoms. The number of methoxy groups -OCH3 is 2. The topological polar surface area (TPSA) is 63.9 Å². The Morgan fingerprint density at radius 1 is 0.529 bits per heavy atom. The van der Waals surface area contributed by atoms with E-state index in [4.69, 9.17) is 9.47 Å². The van der Waals surface area contributed by atoms with Crippen molar-refractivity contribution in [3.8, 4) is 28.3 Å². The largest absolute Gasteiger partial charge is 0.497 e. The van der Waals surface area contributed by atoms with Crippen LogP contribution in [0.3, 0.4) is 0 Å². The van der Waals surface area contributed by atoms with E-state index in [9.17, 15) is 9.90 Å². The zero-order valence-corrected chi connectivity index (χ0v) is 39.2. The summed E-state index contributed by atoms with van der Waals surface area (Å²) in [5.41, 5.74) is 15.2. The van der Waals surface area contributed by atoms with Crippen molar-refractivity contribution in [3.05, 3.63) is 245 Å². The maximum Gasteiger partial charge on any atom is 0.335 e. The molecule has 6 heteroatoms. The molecule has 340 valence electrons. The molecule has 0 spiro atoms. The van der Waals surface area contributed by atoms with Gasteiger partial charge in [0.15, 0.2) is 0 Å². The Labute approximate surface area is 408 Å². The highest BCUT2D eigenvalue weighted by Gasteiger charge is 2.47. The zero-order valence-electron chi connectivity index (χ0n) is 39.2. The Morgan fingerprint density at radius 2 is 1.09 bits per heavy atom. The SMILES string of the molecule is COc1cccc(/C=C/c2cc(/C=C/c3cccc(OC)c3)cc(/C=C/c3ccc4c(c3)c3ccccc3n4-c3ccc(-c4ccc(N5c6ccc(C(=O)O)cc6C6C=CC=CC65C)cc4)cc3)c2)c1. The van der Waals surface area contributed by atoms with Crippen LogP contribution in [0.4, 0.5) is 11.4 Å². The van der Waals surface area contributed by atoms with Crippen molar-refractivity contribution in [2.24, 2.45) is 0 Å². The highest BCUT2D eigenvalue weighted by molar-refractivity contribution is 6.10. The summed E-state index contributed by atoms with van der Waals surface area (Å²) in [5.74, 6) is 0.780. The van der Waals surface area contributed by atoms with Crippen molar-refractivity contribution >= 4 is 75.6 Å². The molecular weight excluding hydrogens is 861 g/mol. The molecule has 11 rings (SSSR count). The molecule has 8 aromatic carbocycles. The number of allylic oxidation sites excluding steroid dienone is 2. The molecule has 6 nitrogen and oxygen atoms in total. The quantitative estimate of drug-likeness (QED) is 0.124. The molecule has 1 aliphatic carbocycles. The average molecular weight is 911 g/mol. The maximum atomic E-state index is 11.9. The Morgan fingerprint density at radius 3 is 1.69 bits per heavy atom. The van der Waals surface area contributed by atoms with Gasteiger partial charge >= 0.3 is 5.97 Å². The van der Waals surface area contributed by atoms with Gasteiger partial charge in [0.2, 0.25) is 0 Å². The Bertz CT molecular complexity index is 3550. The smallest absolute Gasteiger partial charge is 0.335 e. The molecule has 2 aliphatic rings. The van der Waals surface area contributed by atoms with Crippen LogP contribution in [0.5, 0.6) is 11.5 Å². The number of fused-ring (bicyclic) bond motifs is 6. The molecule has 0 saturated heterocycles. The van der Waals surface area contributed by atoms with Crippen molar-refractivity contribution in [1.29, 1.82) is 0 Å². The number of aromatic nitrogens is 1. The number of rotatable bonds is 12. The third-order valence-electron chi connectivity index (χ3n) is 13.7. The second kappa shape index (κ2) is 18.3. The fraction of sp³-hybridized carbons (Fsp3) is 0.0781. The number of carbonyl (C=O) groups is 1. The predicted molar refractivity (Wildman–Crippen MR) is 290 cm³/mol. The predicted octanol–water partition coefficient (Wildman–Crippen LogP) is 15.8.